The van der Waals surface area contributed by atoms with Gasteiger partial charge in [-0.15, -0.1) is 0 Å². The Morgan fingerprint density at radius 1 is 1.41 bits per heavy atom. The van der Waals surface area contributed by atoms with Gasteiger partial charge in [-0.05, 0) is 24.5 Å². The van der Waals surface area contributed by atoms with Gasteiger partial charge >= 0.3 is 0 Å². The number of ether oxygens (including phenoxy) is 1. The zero-order valence-electron chi connectivity index (χ0n) is 10.4. The van der Waals surface area contributed by atoms with E-state index in [9.17, 15) is 0 Å². The van der Waals surface area contributed by atoms with Gasteiger partial charge in [-0.25, -0.2) is 4.98 Å². The fourth-order valence-corrected chi connectivity index (χ4v) is 1.25. The van der Waals surface area contributed by atoms with Crippen molar-refractivity contribution in [1.82, 2.24) is 4.98 Å². The highest BCUT2D eigenvalue weighted by molar-refractivity contribution is 5.42. The van der Waals surface area contributed by atoms with Crippen LogP contribution >= 0.6 is 0 Å². The summed E-state index contributed by atoms with van der Waals surface area (Å²) in [6.45, 7) is 6.62. The number of nitriles is 1. The molecule has 0 aliphatic rings. The van der Waals surface area contributed by atoms with E-state index in [1.165, 1.54) is 0 Å². The minimum atomic E-state index is 0.434. The van der Waals surface area contributed by atoms with Gasteiger partial charge in [0.05, 0.1) is 18.5 Å². The Labute approximate surface area is 103 Å². The van der Waals surface area contributed by atoms with Crippen molar-refractivity contribution in [3.05, 3.63) is 24.0 Å². The van der Waals surface area contributed by atoms with Crippen LogP contribution in [0.2, 0.25) is 0 Å². The van der Waals surface area contributed by atoms with E-state index in [-0.39, 0.29) is 0 Å². The molecule has 0 unspecified atom stereocenters. The second kappa shape index (κ2) is 7.64. The van der Waals surface area contributed by atoms with Crippen molar-refractivity contribution in [2.24, 2.45) is 5.92 Å². The van der Waals surface area contributed by atoms with Crippen LogP contribution < -0.4 is 5.32 Å². The van der Waals surface area contributed by atoms with Gasteiger partial charge in [-0.3, -0.25) is 0 Å². The highest BCUT2D eigenvalue weighted by atomic mass is 16.5. The highest BCUT2D eigenvalue weighted by Gasteiger charge is 1.95. The minimum Gasteiger partial charge on any atom is -0.381 e. The summed E-state index contributed by atoms with van der Waals surface area (Å²) < 4.78 is 5.48. The Morgan fingerprint density at radius 2 is 2.24 bits per heavy atom. The molecule has 1 heterocycles. The Morgan fingerprint density at radius 3 is 2.82 bits per heavy atom. The monoisotopic (exact) mass is 233 g/mol. The smallest absolute Gasteiger partial charge is 0.140 e. The van der Waals surface area contributed by atoms with E-state index in [0.29, 0.717) is 18.2 Å². The van der Waals surface area contributed by atoms with Crippen LogP contribution in [0, 0.1) is 17.2 Å². The molecule has 0 fully saturated rings. The fraction of sp³-hybridized carbons (Fsp3) is 0.538. The van der Waals surface area contributed by atoms with Gasteiger partial charge in [-0.2, -0.15) is 5.26 Å². The van der Waals surface area contributed by atoms with Gasteiger partial charge in [0.1, 0.15) is 11.8 Å². The van der Waals surface area contributed by atoms with Crippen LogP contribution in [0.25, 0.3) is 0 Å². The SMILES string of the molecule is CC(C)CCOCCNc1ccc(C#N)nc1. The normalized spacial score (nSPS) is 10.2. The van der Waals surface area contributed by atoms with Crippen molar-refractivity contribution >= 4 is 5.69 Å². The summed E-state index contributed by atoms with van der Waals surface area (Å²) in [4.78, 5) is 3.97. The van der Waals surface area contributed by atoms with E-state index in [4.69, 9.17) is 10.00 Å². The third-order valence-electron chi connectivity index (χ3n) is 2.29. The molecule has 1 aromatic rings. The van der Waals surface area contributed by atoms with Gasteiger partial charge in [0.15, 0.2) is 0 Å². The number of nitrogens with one attached hydrogen (secondary N) is 1. The van der Waals surface area contributed by atoms with Crippen LogP contribution in [-0.2, 0) is 4.74 Å². The first-order valence-electron chi connectivity index (χ1n) is 5.90. The maximum absolute atomic E-state index is 8.59. The summed E-state index contributed by atoms with van der Waals surface area (Å²) in [5, 5.41) is 11.8. The second-order valence-corrected chi connectivity index (χ2v) is 4.27. The standard InChI is InChI=1S/C13H19N3O/c1-11(2)5-7-17-8-6-15-13-4-3-12(9-14)16-10-13/h3-4,10-11,15H,5-8H2,1-2H3. The van der Waals surface area contributed by atoms with Gasteiger partial charge in [0, 0.05) is 13.2 Å². The molecule has 4 heteroatoms. The lowest BCUT2D eigenvalue weighted by Gasteiger charge is -2.08. The Hall–Kier alpha value is -1.60. The average molecular weight is 233 g/mol. The van der Waals surface area contributed by atoms with Crippen LogP contribution in [0.4, 0.5) is 5.69 Å². The minimum absolute atomic E-state index is 0.434. The molecule has 1 N–H and O–H groups in total. The highest BCUT2D eigenvalue weighted by Crippen LogP contribution is 2.04. The van der Waals surface area contributed by atoms with Gasteiger partial charge in [-0.1, -0.05) is 13.8 Å². The van der Waals surface area contributed by atoms with Crippen molar-refractivity contribution in [1.29, 1.82) is 5.26 Å². The first-order valence-corrected chi connectivity index (χ1v) is 5.90. The van der Waals surface area contributed by atoms with Crippen LogP contribution in [0.3, 0.4) is 0 Å². The Bertz CT molecular complexity index is 354. The molecule has 0 aromatic carbocycles. The summed E-state index contributed by atoms with van der Waals surface area (Å²) >= 11 is 0. The van der Waals surface area contributed by atoms with Gasteiger partial charge in [0.25, 0.3) is 0 Å². The molecule has 1 aromatic heterocycles. The number of hydrogen-bond donors (Lipinski definition) is 1. The maximum atomic E-state index is 8.59. The van der Waals surface area contributed by atoms with Crippen molar-refractivity contribution in [3.63, 3.8) is 0 Å². The lowest BCUT2D eigenvalue weighted by atomic mass is 10.1. The summed E-state index contributed by atoms with van der Waals surface area (Å²) in [7, 11) is 0. The predicted octanol–water partition coefficient (Wildman–Crippen LogP) is 2.43. The molecule has 0 spiro atoms. The molecule has 92 valence electrons. The average Bonchev–Trinajstić information content (AvgIpc) is 2.34. The Balaban J connectivity index is 2.12. The quantitative estimate of drug-likeness (QED) is 0.735. The first-order chi connectivity index (χ1) is 8.22. The molecule has 0 radical (unpaired) electrons. The van der Waals surface area contributed by atoms with Crippen LogP contribution in [0.1, 0.15) is 26.0 Å². The summed E-state index contributed by atoms with van der Waals surface area (Å²) in [5.41, 5.74) is 1.35. The Kier molecular flexibility index (Phi) is 6.05. The molecular formula is C13H19N3O. The third-order valence-corrected chi connectivity index (χ3v) is 2.29. The van der Waals surface area contributed by atoms with Crippen molar-refractivity contribution in [2.45, 2.75) is 20.3 Å². The lowest BCUT2D eigenvalue weighted by Crippen LogP contribution is -2.11. The largest absolute Gasteiger partial charge is 0.381 e. The molecule has 0 saturated heterocycles. The number of aromatic nitrogens is 1. The van der Waals surface area contributed by atoms with Gasteiger partial charge in [0.2, 0.25) is 0 Å². The third kappa shape index (κ3) is 5.88. The van der Waals surface area contributed by atoms with E-state index in [1.807, 2.05) is 12.1 Å². The maximum Gasteiger partial charge on any atom is 0.140 e. The zero-order chi connectivity index (χ0) is 12.5. The molecular weight excluding hydrogens is 214 g/mol. The number of anilines is 1. The number of nitrogens with zero attached hydrogens (tertiary/aromatic N) is 2. The van der Waals surface area contributed by atoms with Crippen LogP contribution in [-0.4, -0.2) is 24.7 Å². The summed E-state index contributed by atoms with van der Waals surface area (Å²) in [6, 6.07) is 5.53. The van der Waals surface area contributed by atoms with E-state index in [0.717, 1.165) is 25.3 Å². The summed E-state index contributed by atoms with van der Waals surface area (Å²) in [5.74, 6) is 0.686. The first kappa shape index (κ1) is 13.5. The molecule has 0 aliphatic heterocycles. The predicted molar refractivity (Wildman–Crippen MR) is 67.7 cm³/mol. The molecule has 4 nitrogen and oxygen atoms in total. The van der Waals surface area contributed by atoms with Crippen LogP contribution in [0.15, 0.2) is 18.3 Å². The van der Waals surface area contributed by atoms with Crippen molar-refractivity contribution in [2.75, 3.05) is 25.1 Å². The van der Waals surface area contributed by atoms with E-state index >= 15 is 0 Å². The number of hydrogen-bond acceptors (Lipinski definition) is 4. The number of pyridine rings is 1. The fourth-order valence-electron chi connectivity index (χ4n) is 1.25. The molecule has 17 heavy (non-hydrogen) atoms. The zero-order valence-corrected chi connectivity index (χ0v) is 10.4. The molecule has 0 amide bonds. The molecule has 1 rings (SSSR count). The molecule has 0 saturated carbocycles. The molecule has 0 aliphatic carbocycles. The lowest BCUT2D eigenvalue weighted by molar-refractivity contribution is 0.132. The van der Waals surface area contributed by atoms with Crippen LogP contribution in [0.5, 0.6) is 0 Å². The second-order valence-electron chi connectivity index (χ2n) is 4.27. The van der Waals surface area contributed by atoms with E-state index < -0.39 is 0 Å². The summed E-state index contributed by atoms with van der Waals surface area (Å²) in [6.07, 6.45) is 2.76. The molecule has 0 atom stereocenters. The van der Waals surface area contributed by atoms with Gasteiger partial charge < -0.3 is 10.1 Å². The van der Waals surface area contributed by atoms with E-state index in [1.54, 1.807) is 12.3 Å². The van der Waals surface area contributed by atoms with E-state index in [2.05, 4.69) is 24.1 Å². The molecule has 0 bridgehead atoms. The number of rotatable bonds is 7. The van der Waals surface area contributed by atoms with Crippen molar-refractivity contribution < 1.29 is 4.74 Å². The topological polar surface area (TPSA) is 57.9 Å². The van der Waals surface area contributed by atoms with Crippen molar-refractivity contribution in [3.8, 4) is 6.07 Å².